The molecule has 1 N–H and O–H groups in total. The van der Waals surface area contributed by atoms with Gasteiger partial charge in [0.05, 0.1) is 0 Å². The molecule has 1 saturated carbocycles. The Labute approximate surface area is 240 Å². The molecule has 2 aromatic carbocycles. The minimum absolute atomic E-state index is 0.117. The van der Waals surface area contributed by atoms with Gasteiger partial charge >= 0.3 is 0 Å². The second kappa shape index (κ2) is 11.5. The Morgan fingerprint density at radius 2 is 1.83 bits per heavy atom. The number of fused-ring (bicyclic) bond motifs is 1. The number of hydrogen-bond acceptors (Lipinski definition) is 4. The summed E-state index contributed by atoms with van der Waals surface area (Å²) in [5.41, 5.74) is 0.551. The van der Waals surface area contributed by atoms with E-state index < -0.39 is 47.9 Å². The zero-order valence-electron chi connectivity index (χ0n) is 23.0. The molecule has 0 spiro atoms. The van der Waals surface area contributed by atoms with Crippen molar-refractivity contribution in [1.29, 1.82) is 0 Å². The fraction of sp³-hybridized carbons (Fsp3) is 0.355. The van der Waals surface area contributed by atoms with Crippen molar-refractivity contribution in [2.45, 2.75) is 63.0 Å². The van der Waals surface area contributed by atoms with Crippen LogP contribution in [0.2, 0.25) is 0 Å². The summed E-state index contributed by atoms with van der Waals surface area (Å²) >= 11 is 0. The van der Waals surface area contributed by atoms with Crippen molar-refractivity contribution < 1.29 is 31.9 Å². The third-order valence-corrected chi connectivity index (χ3v) is 7.93. The van der Waals surface area contributed by atoms with E-state index in [0.29, 0.717) is 24.8 Å². The molecular formula is C31H30F4N4O3. The number of carbonyl (C=O) groups is 3. The van der Waals surface area contributed by atoms with Crippen LogP contribution in [-0.2, 0) is 26.3 Å². The Hall–Kier alpha value is -4.28. The van der Waals surface area contributed by atoms with Crippen molar-refractivity contribution in [3.05, 3.63) is 89.1 Å². The van der Waals surface area contributed by atoms with E-state index >= 15 is 0 Å². The summed E-state index contributed by atoms with van der Waals surface area (Å²) in [6.45, 7) is 2.82. The van der Waals surface area contributed by atoms with Crippen molar-refractivity contribution in [2.24, 2.45) is 0 Å². The first kappa shape index (κ1) is 29.2. The summed E-state index contributed by atoms with van der Waals surface area (Å²) in [6, 6.07) is 12.2. The Balaban J connectivity index is 0.000000226. The molecule has 1 aromatic heterocycles. The molecule has 3 aliphatic rings. The van der Waals surface area contributed by atoms with Gasteiger partial charge in [0.15, 0.2) is 5.54 Å². The van der Waals surface area contributed by atoms with Gasteiger partial charge in [-0.05, 0) is 85.3 Å². The minimum atomic E-state index is -2.84. The fourth-order valence-electron chi connectivity index (χ4n) is 5.82. The van der Waals surface area contributed by atoms with Crippen LogP contribution in [0, 0.1) is 18.6 Å². The lowest BCUT2D eigenvalue weighted by Gasteiger charge is -2.42. The number of rotatable bonds is 6. The number of nitrogens with one attached hydrogen (secondary N) is 1. The van der Waals surface area contributed by atoms with Crippen LogP contribution in [0.25, 0.3) is 0 Å². The smallest absolute Gasteiger partial charge is 0.252 e. The van der Waals surface area contributed by atoms with Crippen LogP contribution >= 0.6 is 0 Å². The predicted molar refractivity (Wildman–Crippen MR) is 148 cm³/mol. The van der Waals surface area contributed by atoms with Crippen molar-refractivity contribution in [3.63, 3.8) is 0 Å². The summed E-state index contributed by atoms with van der Waals surface area (Å²) in [4.78, 5) is 43.8. The van der Waals surface area contributed by atoms with Crippen molar-refractivity contribution in [2.75, 3.05) is 16.3 Å². The maximum Gasteiger partial charge on any atom is 0.252 e. The number of carbonyl (C=O) groups excluding carboxylic acids is 3. The highest BCUT2D eigenvalue weighted by Crippen LogP contribution is 2.45. The van der Waals surface area contributed by atoms with Crippen LogP contribution in [0.1, 0.15) is 48.8 Å². The monoisotopic (exact) mass is 582 g/mol. The normalized spacial score (nSPS) is 20.7. The quantitative estimate of drug-likeness (QED) is 0.320. The van der Waals surface area contributed by atoms with Crippen LogP contribution in [0.15, 0.2) is 60.8 Å². The molecule has 2 heterocycles. The van der Waals surface area contributed by atoms with Crippen LogP contribution in [0.4, 0.5) is 29.1 Å². The number of halogens is 4. The molecule has 1 saturated heterocycles. The standard InChI is InChI=1S/C21H18F4N2O2.C10H12N2O/c22-14-2-1-3-17(8-14)27(12-28)21(19(29)26-16-10-20(24,25)11-16)7-6-13-4-5-15(23)9-18(13)21;1-8-4-5-11-9(7-8)12-6-2-3-10(12)13/h1-5,8-9,12,16H,6-7,10-11H2,(H,26,29);4-5,7H,2-3,6H2,1H3. The van der Waals surface area contributed by atoms with E-state index in [1.54, 1.807) is 11.1 Å². The molecule has 1 atom stereocenters. The zero-order valence-corrected chi connectivity index (χ0v) is 23.0. The van der Waals surface area contributed by atoms with Gasteiger partial charge in [-0.1, -0.05) is 12.1 Å². The van der Waals surface area contributed by atoms with Gasteiger partial charge < -0.3 is 5.32 Å². The van der Waals surface area contributed by atoms with E-state index in [9.17, 15) is 31.9 Å². The molecule has 0 bridgehead atoms. The molecule has 11 heteroatoms. The van der Waals surface area contributed by atoms with E-state index in [0.717, 1.165) is 35.3 Å². The molecule has 1 aliphatic heterocycles. The SMILES string of the molecule is Cc1ccnc(N2CCCC2=O)c1.O=CN(c1cccc(F)c1)C1(C(=O)NC2CC(F)(F)C2)CCc2ccc(F)cc21. The van der Waals surface area contributed by atoms with E-state index in [1.807, 2.05) is 19.1 Å². The number of benzene rings is 2. The van der Waals surface area contributed by atoms with E-state index in [2.05, 4.69) is 10.3 Å². The lowest BCUT2D eigenvalue weighted by atomic mass is 9.84. The number of anilines is 2. The first-order chi connectivity index (χ1) is 20.0. The first-order valence-corrected chi connectivity index (χ1v) is 13.7. The number of aromatic nitrogens is 1. The van der Waals surface area contributed by atoms with Crippen LogP contribution in [0.3, 0.4) is 0 Å². The fourth-order valence-corrected chi connectivity index (χ4v) is 5.82. The lowest BCUT2D eigenvalue weighted by Crippen LogP contribution is -2.60. The average Bonchev–Trinajstić information content (AvgIpc) is 3.53. The van der Waals surface area contributed by atoms with Crippen molar-refractivity contribution >= 4 is 29.7 Å². The second-order valence-electron chi connectivity index (χ2n) is 10.9. The highest BCUT2D eigenvalue weighted by atomic mass is 19.3. The minimum Gasteiger partial charge on any atom is -0.351 e. The van der Waals surface area contributed by atoms with Gasteiger partial charge in [-0.15, -0.1) is 0 Å². The molecule has 42 heavy (non-hydrogen) atoms. The maximum absolute atomic E-state index is 14.0. The van der Waals surface area contributed by atoms with Gasteiger partial charge in [0.1, 0.15) is 17.5 Å². The largest absolute Gasteiger partial charge is 0.351 e. The Kier molecular flexibility index (Phi) is 8.03. The number of hydrogen-bond donors (Lipinski definition) is 1. The van der Waals surface area contributed by atoms with Crippen LogP contribution in [-0.4, -0.2) is 41.7 Å². The molecule has 7 nitrogen and oxygen atoms in total. The molecule has 6 rings (SSSR count). The topological polar surface area (TPSA) is 82.6 Å². The Morgan fingerprint density at radius 1 is 1.07 bits per heavy atom. The Morgan fingerprint density at radius 3 is 2.48 bits per heavy atom. The number of pyridine rings is 1. The predicted octanol–water partition coefficient (Wildman–Crippen LogP) is 5.20. The summed E-state index contributed by atoms with van der Waals surface area (Å²) in [7, 11) is 0. The van der Waals surface area contributed by atoms with E-state index in [4.69, 9.17) is 0 Å². The number of aryl methyl sites for hydroxylation is 2. The van der Waals surface area contributed by atoms with Gasteiger partial charge in [-0.2, -0.15) is 0 Å². The van der Waals surface area contributed by atoms with Crippen LogP contribution in [0.5, 0.6) is 0 Å². The summed E-state index contributed by atoms with van der Waals surface area (Å²) in [6.07, 6.45) is 3.27. The molecule has 0 radical (unpaired) electrons. The van der Waals surface area contributed by atoms with Crippen LogP contribution < -0.4 is 15.1 Å². The molecule has 3 amide bonds. The number of amides is 3. The maximum atomic E-state index is 14.0. The van der Waals surface area contributed by atoms with Gasteiger partial charge in [-0.3, -0.25) is 24.2 Å². The van der Waals surface area contributed by atoms with Crippen molar-refractivity contribution in [3.8, 4) is 0 Å². The third kappa shape index (κ3) is 5.73. The third-order valence-electron chi connectivity index (χ3n) is 7.93. The second-order valence-corrected chi connectivity index (χ2v) is 10.9. The first-order valence-electron chi connectivity index (χ1n) is 13.7. The molecule has 2 fully saturated rings. The zero-order chi connectivity index (χ0) is 30.1. The Bertz CT molecular complexity index is 1510. The molecule has 2 aliphatic carbocycles. The summed E-state index contributed by atoms with van der Waals surface area (Å²) in [5, 5.41) is 2.58. The molecule has 1 unspecified atom stereocenters. The van der Waals surface area contributed by atoms with E-state index in [-0.39, 0.29) is 23.6 Å². The van der Waals surface area contributed by atoms with Gasteiger partial charge in [0.25, 0.3) is 11.8 Å². The summed E-state index contributed by atoms with van der Waals surface area (Å²) < 4.78 is 54.3. The van der Waals surface area contributed by atoms with E-state index in [1.165, 1.54) is 36.4 Å². The molecule has 3 aromatic rings. The molecule has 220 valence electrons. The lowest BCUT2D eigenvalue weighted by molar-refractivity contribution is -0.135. The average molecular weight is 583 g/mol. The highest BCUT2D eigenvalue weighted by molar-refractivity contribution is 5.98. The van der Waals surface area contributed by atoms with Gasteiger partial charge in [0.2, 0.25) is 12.3 Å². The van der Waals surface area contributed by atoms with Gasteiger partial charge in [0, 0.05) is 43.7 Å². The molecular weight excluding hydrogens is 552 g/mol. The van der Waals surface area contributed by atoms with Gasteiger partial charge in [-0.25, -0.2) is 22.5 Å². The highest BCUT2D eigenvalue weighted by Gasteiger charge is 2.53. The number of nitrogens with zero attached hydrogens (tertiary/aromatic N) is 3. The number of alkyl halides is 2. The van der Waals surface area contributed by atoms with Crippen molar-refractivity contribution in [1.82, 2.24) is 10.3 Å². The summed E-state index contributed by atoms with van der Waals surface area (Å²) in [5.74, 6) is -3.74.